The number of alkyl carbamates (subject to hydrolysis) is 1. The fraction of sp³-hybridized carbons (Fsp3) is 0.415. The molecule has 0 unspecified atom stereocenters. The number of nitrogens with one attached hydrogen (secondary N) is 4. The number of amides is 4. The van der Waals surface area contributed by atoms with Crippen molar-refractivity contribution in [3.05, 3.63) is 72.7 Å². The highest BCUT2D eigenvalue weighted by molar-refractivity contribution is 5.87. The molecule has 57 heavy (non-hydrogen) atoms. The lowest BCUT2D eigenvalue weighted by molar-refractivity contribution is -0.136. The van der Waals surface area contributed by atoms with Gasteiger partial charge in [0.05, 0.1) is 59.7 Å². The van der Waals surface area contributed by atoms with Crippen molar-refractivity contribution in [1.29, 1.82) is 0 Å². The van der Waals surface area contributed by atoms with Gasteiger partial charge in [-0.3, -0.25) is 14.6 Å². The van der Waals surface area contributed by atoms with Crippen LogP contribution in [0.5, 0.6) is 0 Å². The van der Waals surface area contributed by atoms with Crippen molar-refractivity contribution in [2.75, 3.05) is 20.2 Å². The van der Waals surface area contributed by atoms with Gasteiger partial charge in [0.1, 0.15) is 23.7 Å². The number of H-pyrrole nitrogens is 2. The molecule has 4 atom stereocenters. The molecule has 5 heterocycles. The fourth-order valence-corrected chi connectivity index (χ4v) is 7.77. The molecule has 0 radical (unpaired) electrons. The van der Waals surface area contributed by atoms with Gasteiger partial charge >= 0.3 is 12.2 Å². The zero-order valence-electron chi connectivity index (χ0n) is 32.7. The summed E-state index contributed by atoms with van der Waals surface area (Å²) in [6.45, 7) is 8.54. The van der Waals surface area contributed by atoms with Gasteiger partial charge in [-0.1, -0.05) is 58.0 Å². The van der Waals surface area contributed by atoms with Crippen LogP contribution in [0.3, 0.4) is 0 Å². The van der Waals surface area contributed by atoms with Crippen molar-refractivity contribution in [3.63, 3.8) is 0 Å². The lowest BCUT2D eigenvalue weighted by Crippen LogP contribution is -2.51. The lowest BCUT2D eigenvalue weighted by atomic mass is 10.0. The topological polar surface area (TPSA) is 211 Å². The van der Waals surface area contributed by atoms with E-state index in [0.717, 1.165) is 70.5 Å². The Morgan fingerprint density at radius 1 is 0.754 bits per heavy atom. The first-order valence-corrected chi connectivity index (χ1v) is 19.3. The van der Waals surface area contributed by atoms with E-state index in [2.05, 4.69) is 25.6 Å². The maximum Gasteiger partial charge on any atom is 0.407 e. The molecule has 7 rings (SSSR count). The lowest BCUT2D eigenvalue weighted by Gasteiger charge is -2.30. The molecule has 16 nitrogen and oxygen atoms in total. The highest BCUT2D eigenvalue weighted by atomic mass is 16.5. The van der Waals surface area contributed by atoms with Crippen LogP contribution in [0.4, 0.5) is 9.59 Å². The number of methoxy groups -OCH3 is 1. The van der Waals surface area contributed by atoms with E-state index < -0.39 is 24.3 Å². The van der Waals surface area contributed by atoms with E-state index in [0.29, 0.717) is 24.7 Å². The number of benzene rings is 2. The summed E-state index contributed by atoms with van der Waals surface area (Å²) in [7, 11) is 1.28. The van der Waals surface area contributed by atoms with Crippen LogP contribution in [0, 0.1) is 11.8 Å². The fourth-order valence-electron chi connectivity index (χ4n) is 7.77. The molecule has 2 saturated heterocycles. The molecular weight excluding hydrogens is 729 g/mol. The van der Waals surface area contributed by atoms with Crippen molar-refractivity contribution >= 4 is 35.0 Å². The highest BCUT2D eigenvalue weighted by Gasteiger charge is 2.39. The molecule has 2 aromatic carbocycles. The molecule has 5 aromatic rings. The highest BCUT2D eigenvalue weighted by Crippen LogP contribution is 2.35. The number of hydrogen-bond acceptors (Lipinski definition) is 9. The minimum absolute atomic E-state index is 0.120. The number of hydrogen-bond donors (Lipinski definition) is 5. The van der Waals surface area contributed by atoms with E-state index in [4.69, 9.17) is 19.7 Å². The minimum Gasteiger partial charge on any atom is -0.465 e. The SMILES string of the molecule is COC(=O)N[C@@H](C(=O)N1CCC[C@H]1c1ncc(-c2ccc3nc(-c4ccc(-c5c[nH]c([C@@H]6CCCN6C(=O)[C@@H](NC(=O)O)C(C)C)n5)cc4)cnc3c2)[nH]1)C(C)C. The van der Waals surface area contributed by atoms with Gasteiger partial charge in [-0.15, -0.1) is 0 Å². The molecule has 16 heteroatoms. The molecule has 2 aliphatic heterocycles. The number of nitrogens with zero attached hydrogens (tertiary/aromatic N) is 6. The average Bonchev–Trinajstić information content (AvgIpc) is 4.05. The Kier molecular flexibility index (Phi) is 11.2. The molecule has 5 N–H and O–H groups in total. The Labute approximate surface area is 329 Å². The van der Waals surface area contributed by atoms with Crippen molar-refractivity contribution in [3.8, 4) is 33.8 Å². The third-order valence-electron chi connectivity index (χ3n) is 10.8. The molecule has 0 spiro atoms. The number of ether oxygens (including phenoxy) is 1. The summed E-state index contributed by atoms with van der Waals surface area (Å²) in [4.78, 5) is 79.6. The Balaban J connectivity index is 1.03. The van der Waals surface area contributed by atoms with E-state index in [-0.39, 0.29) is 35.7 Å². The monoisotopic (exact) mass is 776 g/mol. The molecule has 4 amide bonds. The van der Waals surface area contributed by atoms with Gasteiger partial charge in [0.2, 0.25) is 11.8 Å². The Morgan fingerprint density at radius 3 is 1.96 bits per heavy atom. The Morgan fingerprint density at radius 2 is 1.35 bits per heavy atom. The summed E-state index contributed by atoms with van der Waals surface area (Å²) < 4.78 is 4.75. The predicted molar refractivity (Wildman–Crippen MR) is 211 cm³/mol. The Hall–Kier alpha value is -6.32. The first-order valence-electron chi connectivity index (χ1n) is 19.3. The summed E-state index contributed by atoms with van der Waals surface area (Å²) >= 11 is 0. The van der Waals surface area contributed by atoms with E-state index >= 15 is 0 Å². The first-order chi connectivity index (χ1) is 27.4. The number of fused-ring (bicyclic) bond motifs is 1. The number of aromatic amines is 2. The van der Waals surface area contributed by atoms with Crippen LogP contribution in [0.1, 0.15) is 77.1 Å². The molecule has 0 saturated carbocycles. The summed E-state index contributed by atoms with van der Waals surface area (Å²) in [5, 5.41) is 14.4. The molecule has 0 aliphatic carbocycles. The second-order valence-electron chi connectivity index (χ2n) is 15.3. The van der Waals surface area contributed by atoms with Gasteiger partial charge < -0.3 is 40.2 Å². The zero-order chi connectivity index (χ0) is 40.4. The van der Waals surface area contributed by atoms with Gasteiger partial charge in [0, 0.05) is 36.0 Å². The summed E-state index contributed by atoms with van der Waals surface area (Å²) in [5.41, 5.74) is 6.37. The van der Waals surface area contributed by atoms with Crippen molar-refractivity contribution in [2.45, 2.75) is 77.5 Å². The van der Waals surface area contributed by atoms with E-state index in [9.17, 15) is 24.3 Å². The van der Waals surface area contributed by atoms with Crippen LogP contribution in [-0.4, -0.2) is 101 Å². The number of carboxylic acid groups (broad SMARTS) is 1. The third-order valence-corrected chi connectivity index (χ3v) is 10.8. The maximum absolute atomic E-state index is 13.6. The summed E-state index contributed by atoms with van der Waals surface area (Å²) in [6, 6.07) is 11.7. The molecule has 3 aromatic heterocycles. The number of carbonyl (C=O) groups excluding carboxylic acids is 3. The number of rotatable bonds is 11. The third kappa shape index (κ3) is 8.16. The molecule has 0 bridgehead atoms. The quantitative estimate of drug-likeness (QED) is 0.104. The molecule has 2 fully saturated rings. The number of aromatic nitrogens is 6. The smallest absolute Gasteiger partial charge is 0.407 e. The molecular formula is C41H48N10O6. The van der Waals surface area contributed by atoms with Crippen molar-refractivity contribution in [1.82, 2.24) is 50.3 Å². The number of imidazole rings is 2. The van der Waals surface area contributed by atoms with Crippen LogP contribution in [-0.2, 0) is 14.3 Å². The van der Waals surface area contributed by atoms with Gasteiger partial charge in [-0.25, -0.2) is 24.5 Å². The van der Waals surface area contributed by atoms with E-state index in [1.165, 1.54) is 7.11 Å². The number of carbonyl (C=O) groups is 4. The van der Waals surface area contributed by atoms with Crippen LogP contribution >= 0.6 is 0 Å². The van der Waals surface area contributed by atoms with Crippen molar-refractivity contribution in [2.24, 2.45) is 11.8 Å². The largest absolute Gasteiger partial charge is 0.465 e. The van der Waals surface area contributed by atoms with Crippen molar-refractivity contribution < 1.29 is 29.0 Å². The zero-order valence-corrected chi connectivity index (χ0v) is 32.7. The predicted octanol–water partition coefficient (Wildman–Crippen LogP) is 6.08. The summed E-state index contributed by atoms with van der Waals surface area (Å²) in [6.07, 6.45) is 6.61. The Bertz CT molecular complexity index is 2270. The van der Waals surface area contributed by atoms with E-state index in [1.807, 2.05) is 76.4 Å². The van der Waals surface area contributed by atoms with Gasteiger partial charge in [0.15, 0.2) is 0 Å². The summed E-state index contributed by atoms with van der Waals surface area (Å²) in [5.74, 6) is 0.643. The van der Waals surface area contributed by atoms with Gasteiger partial charge in [-0.2, -0.15) is 0 Å². The van der Waals surface area contributed by atoms with Crippen LogP contribution in [0.15, 0.2) is 61.1 Å². The van der Waals surface area contributed by atoms with Crippen LogP contribution in [0.2, 0.25) is 0 Å². The molecule has 2 aliphatic rings. The number of likely N-dealkylation sites (tertiary alicyclic amines) is 2. The van der Waals surface area contributed by atoms with Crippen LogP contribution < -0.4 is 10.6 Å². The van der Waals surface area contributed by atoms with E-state index in [1.54, 1.807) is 22.2 Å². The van der Waals surface area contributed by atoms with Crippen LogP contribution in [0.25, 0.3) is 44.8 Å². The van der Waals surface area contributed by atoms with Gasteiger partial charge in [0.25, 0.3) is 0 Å². The minimum atomic E-state index is -1.22. The normalized spacial score (nSPS) is 17.9. The maximum atomic E-state index is 13.6. The second kappa shape index (κ2) is 16.4. The average molecular weight is 777 g/mol. The first kappa shape index (κ1) is 38.9. The standard InChI is InChI=1S/C41H48N10O6/c1-22(2)34(48-40(54)55)38(52)50-16-6-8-32(50)36-43-20-30(46-36)25-12-10-24(11-13-25)29-19-42-28-18-26(14-15-27(28)45-29)31-21-44-37(47-31)33-9-7-17-51(33)39(53)35(23(3)4)49-41(56)57-5/h10-15,18-23,32-35,48H,6-9,16-17H2,1-5H3,(H,43,46)(H,44,47)(H,49,56)(H,54,55)/t32-,33-,34-,35+/m0/s1. The molecule has 298 valence electrons. The second-order valence-corrected chi connectivity index (χ2v) is 15.3. The van der Waals surface area contributed by atoms with Gasteiger partial charge in [-0.05, 0) is 49.7 Å².